The van der Waals surface area contributed by atoms with Gasteiger partial charge >= 0.3 is 0 Å². The molecule has 0 unspecified atom stereocenters. The van der Waals surface area contributed by atoms with Gasteiger partial charge in [0.15, 0.2) is 0 Å². The van der Waals surface area contributed by atoms with Crippen molar-refractivity contribution in [2.75, 3.05) is 13.7 Å². The number of fused-ring (bicyclic) bond motifs is 7. The summed E-state index contributed by atoms with van der Waals surface area (Å²) in [6.07, 6.45) is 13.3. The predicted octanol–water partition coefficient (Wildman–Crippen LogP) is 6.83. The molecule has 3 nitrogen and oxygen atoms in total. The van der Waals surface area contributed by atoms with E-state index in [1.807, 2.05) is 7.11 Å². The lowest BCUT2D eigenvalue weighted by molar-refractivity contribution is -0.277. The molecule has 10 atom stereocenters. The first-order chi connectivity index (χ1) is 15.7. The third-order valence-electron chi connectivity index (χ3n) is 13.5. The second-order valence-corrected chi connectivity index (χ2v) is 14.8. The number of carbonyl (C=O) groups is 1. The fourth-order valence-corrected chi connectivity index (χ4v) is 11.1. The minimum absolute atomic E-state index is 0.0256. The first-order valence-corrected chi connectivity index (χ1v) is 14.2. The normalized spacial score (nSPS) is 56.1. The van der Waals surface area contributed by atoms with E-state index >= 15 is 0 Å². The summed E-state index contributed by atoms with van der Waals surface area (Å²) in [4.78, 5) is 12.9. The molecular weight excluding hydrogens is 420 g/mol. The molecule has 0 heterocycles. The SMILES string of the molecule is COC[C@]12CC[C@@H](C)[C@H](C)[C@H]1[C@]1(O)C=C[C@@H]3[C@@]4(C)CCC(=O)C(C)(C)[C@@H]4CC[C@@]3(C)[C@]1(C)CC2. The van der Waals surface area contributed by atoms with Crippen LogP contribution in [0.4, 0.5) is 0 Å². The zero-order valence-electron chi connectivity index (χ0n) is 23.2. The Morgan fingerprint density at radius 3 is 2.38 bits per heavy atom. The van der Waals surface area contributed by atoms with Gasteiger partial charge in [0.2, 0.25) is 0 Å². The van der Waals surface area contributed by atoms with Crippen molar-refractivity contribution in [1.29, 1.82) is 0 Å². The van der Waals surface area contributed by atoms with Gasteiger partial charge in [-0.05, 0) is 84.9 Å². The lowest BCUT2D eigenvalue weighted by Gasteiger charge is -2.74. The number of hydrogen-bond donors (Lipinski definition) is 1. The second-order valence-electron chi connectivity index (χ2n) is 14.8. The number of ether oxygens (including phenoxy) is 1. The van der Waals surface area contributed by atoms with Crippen LogP contribution in [0.5, 0.6) is 0 Å². The molecule has 0 spiro atoms. The highest BCUT2D eigenvalue weighted by atomic mass is 16.5. The van der Waals surface area contributed by atoms with E-state index in [0.29, 0.717) is 35.9 Å². The van der Waals surface area contributed by atoms with E-state index < -0.39 is 5.60 Å². The monoisotopic (exact) mass is 470 g/mol. The molecule has 1 N–H and O–H groups in total. The van der Waals surface area contributed by atoms with Gasteiger partial charge in [-0.15, -0.1) is 0 Å². The Hall–Kier alpha value is -0.670. The van der Waals surface area contributed by atoms with Gasteiger partial charge in [0.1, 0.15) is 5.78 Å². The predicted molar refractivity (Wildman–Crippen MR) is 137 cm³/mol. The van der Waals surface area contributed by atoms with Crippen LogP contribution in [0.3, 0.4) is 0 Å². The molecule has 0 bridgehead atoms. The summed E-state index contributed by atoms with van der Waals surface area (Å²) in [5, 5.41) is 13.0. The van der Waals surface area contributed by atoms with Crippen molar-refractivity contribution in [3.63, 3.8) is 0 Å². The van der Waals surface area contributed by atoms with Crippen molar-refractivity contribution < 1.29 is 14.6 Å². The summed E-state index contributed by atoms with van der Waals surface area (Å²) in [5.74, 6) is 2.60. The van der Waals surface area contributed by atoms with E-state index in [4.69, 9.17) is 4.74 Å². The number of hydrogen-bond acceptors (Lipinski definition) is 3. The molecule has 0 aromatic carbocycles. The molecule has 0 amide bonds. The van der Waals surface area contributed by atoms with Gasteiger partial charge in [-0.25, -0.2) is 0 Å². The van der Waals surface area contributed by atoms with Gasteiger partial charge in [-0.1, -0.05) is 60.6 Å². The number of Topliss-reactive ketones (excluding diaryl/α,β-unsaturated/α-hetero) is 1. The molecule has 0 aromatic heterocycles. The summed E-state index contributed by atoms with van der Waals surface area (Å²) in [6, 6.07) is 0. The quantitative estimate of drug-likeness (QED) is 0.450. The van der Waals surface area contributed by atoms with Gasteiger partial charge in [-0.3, -0.25) is 4.79 Å². The molecular formula is C31H50O3. The highest BCUT2D eigenvalue weighted by Crippen LogP contribution is 2.76. The van der Waals surface area contributed by atoms with E-state index in [-0.39, 0.29) is 33.0 Å². The molecule has 3 heteroatoms. The Kier molecular flexibility index (Phi) is 5.47. The minimum Gasteiger partial charge on any atom is -0.385 e. The van der Waals surface area contributed by atoms with Gasteiger partial charge in [0.25, 0.3) is 0 Å². The van der Waals surface area contributed by atoms with Crippen molar-refractivity contribution in [2.24, 2.45) is 56.7 Å². The standard InChI is InChI=1S/C31H50O3/c1-20-9-15-30(19-34-8)18-17-29(7)28(6)14-10-22-26(3,4)24(32)12-13-27(22,5)23(28)11-16-31(29,33)25(30)21(20)2/h11,16,20-23,25,33H,9-10,12-15,17-19H2,1-8H3/t20-,21+,22+,23-,25-,27+,28-,29+,30-,31-/m1/s1. The van der Waals surface area contributed by atoms with Crippen molar-refractivity contribution in [3.8, 4) is 0 Å². The first kappa shape index (κ1) is 25.0. The fraction of sp³-hybridized carbons (Fsp3) is 0.903. The van der Waals surface area contributed by atoms with Crippen molar-refractivity contribution in [3.05, 3.63) is 12.2 Å². The van der Waals surface area contributed by atoms with Gasteiger partial charge in [0, 0.05) is 30.3 Å². The van der Waals surface area contributed by atoms with E-state index in [0.717, 1.165) is 38.7 Å². The Bertz CT molecular complexity index is 891. The number of ketones is 1. The molecule has 0 aromatic rings. The zero-order valence-corrected chi connectivity index (χ0v) is 23.2. The molecule has 0 saturated heterocycles. The van der Waals surface area contributed by atoms with E-state index in [1.54, 1.807) is 0 Å². The molecule has 192 valence electrons. The van der Waals surface area contributed by atoms with Crippen LogP contribution in [0.15, 0.2) is 12.2 Å². The fourth-order valence-electron chi connectivity index (χ4n) is 11.1. The molecule has 5 aliphatic carbocycles. The summed E-state index contributed by atoms with van der Waals surface area (Å²) < 4.78 is 5.87. The molecule has 4 saturated carbocycles. The maximum Gasteiger partial charge on any atom is 0.138 e. The highest BCUT2D eigenvalue weighted by molar-refractivity contribution is 5.85. The Balaban J connectivity index is 1.64. The summed E-state index contributed by atoms with van der Waals surface area (Å²) in [5.41, 5.74) is -1.03. The van der Waals surface area contributed by atoms with Crippen LogP contribution in [0.1, 0.15) is 99.8 Å². The number of rotatable bonds is 2. The number of methoxy groups -OCH3 is 1. The number of carbonyl (C=O) groups excluding carboxylic acids is 1. The van der Waals surface area contributed by atoms with Crippen LogP contribution in [0.2, 0.25) is 0 Å². The van der Waals surface area contributed by atoms with Crippen molar-refractivity contribution in [1.82, 2.24) is 0 Å². The van der Waals surface area contributed by atoms with Crippen LogP contribution in [-0.4, -0.2) is 30.2 Å². The molecule has 0 aliphatic heterocycles. The molecule has 5 rings (SSSR count). The average molecular weight is 471 g/mol. The third kappa shape index (κ3) is 2.75. The lowest BCUT2D eigenvalue weighted by Crippen LogP contribution is -2.73. The number of allylic oxidation sites excluding steroid dienone is 1. The topological polar surface area (TPSA) is 46.5 Å². The molecule has 34 heavy (non-hydrogen) atoms. The summed E-state index contributed by atoms with van der Waals surface area (Å²) >= 11 is 0. The molecule has 5 aliphatic rings. The minimum atomic E-state index is -0.813. The van der Waals surface area contributed by atoms with E-state index in [1.165, 1.54) is 12.8 Å². The number of aliphatic hydroxyl groups is 1. The van der Waals surface area contributed by atoms with Crippen molar-refractivity contribution >= 4 is 5.78 Å². The Morgan fingerprint density at radius 1 is 1.00 bits per heavy atom. The van der Waals surface area contributed by atoms with E-state index in [9.17, 15) is 9.90 Å². The smallest absolute Gasteiger partial charge is 0.138 e. The van der Waals surface area contributed by atoms with Crippen LogP contribution in [0, 0.1) is 56.7 Å². The van der Waals surface area contributed by atoms with Gasteiger partial charge in [-0.2, -0.15) is 0 Å². The second kappa shape index (κ2) is 7.44. The van der Waals surface area contributed by atoms with Gasteiger partial charge < -0.3 is 9.84 Å². The van der Waals surface area contributed by atoms with Crippen LogP contribution < -0.4 is 0 Å². The molecule has 0 radical (unpaired) electrons. The highest BCUT2D eigenvalue weighted by Gasteiger charge is 2.74. The Labute approximate surface area is 208 Å². The summed E-state index contributed by atoms with van der Waals surface area (Å²) in [7, 11) is 1.84. The zero-order chi connectivity index (χ0) is 24.9. The maximum atomic E-state index is 13.0. The van der Waals surface area contributed by atoms with Crippen molar-refractivity contribution in [2.45, 2.75) is 105 Å². The maximum absolute atomic E-state index is 13.0. The largest absolute Gasteiger partial charge is 0.385 e. The van der Waals surface area contributed by atoms with Crippen LogP contribution in [-0.2, 0) is 9.53 Å². The summed E-state index contributed by atoms with van der Waals surface area (Å²) in [6.45, 7) is 17.4. The van der Waals surface area contributed by atoms with Crippen LogP contribution >= 0.6 is 0 Å². The first-order valence-electron chi connectivity index (χ1n) is 14.2. The van der Waals surface area contributed by atoms with E-state index in [2.05, 4.69) is 60.6 Å². The Morgan fingerprint density at radius 2 is 1.71 bits per heavy atom. The lowest BCUT2D eigenvalue weighted by atomic mass is 9.31. The third-order valence-corrected chi connectivity index (χ3v) is 13.5. The van der Waals surface area contributed by atoms with Gasteiger partial charge in [0.05, 0.1) is 12.2 Å². The van der Waals surface area contributed by atoms with Crippen LogP contribution in [0.25, 0.3) is 0 Å². The average Bonchev–Trinajstić information content (AvgIpc) is 2.76. The molecule has 4 fully saturated rings.